The van der Waals surface area contributed by atoms with E-state index in [2.05, 4.69) is 6.92 Å². The molecular formula is C18H37NO2. The lowest BCUT2D eigenvalue weighted by Gasteiger charge is -2.34. The van der Waals surface area contributed by atoms with Gasteiger partial charge in [0.05, 0.1) is 20.5 Å². The number of quaternary nitrogens is 1. The maximum Gasteiger partial charge on any atom is 0.310 e. The van der Waals surface area contributed by atoms with Crippen molar-refractivity contribution in [2.45, 2.75) is 97.3 Å². The van der Waals surface area contributed by atoms with Crippen molar-refractivity contribution in [1.82, 2.24) is 0 Å². The lowest BCUT2D eigenvalue weighted by molar-refractivity contribution is -0.782. The van der Waals surface area contributed by atoms with Crippen LogP contribution in [-0.4, -0.2) is 24.1 Å². The van der Waals surface area contributed by atoms with Crippen molar-refractivity contribution in [3.05, 3.63) is 5.21 Å². The summed E-state index contributed by atoms with van der Waals surface area (Å²) in [7, 11) is 1.46. The number of unbranched alkanes of at least 4 members (excludes halogenated alkanes) is 12. The van der Waals surface area contributed by atoms with E-state index in [4.69, 9.17) is 0 Å². The summed E-state index contributed by atoms with van der Waals surface area (Å²) in [6.07, 6.45) is 16.9. The first kappa shape index (κ1) is 20.6. The van der Waals surface area contributed by atoms with Gasteiger partial charge in [0.2, 0.25) is 0 Å². The Bertz CT molecular complexity index is 252. The van der Waals surface area contributed by atoms with E-state index in [-0.39, 0.29) is 5.91 Å². The summed E-state index contributed by atoms with van der Waals surface area (Å²) < 4.78 is -0.710. The van der Waals surface area contributed by atoms with Crippen LogP contribution >= 0.6 is 0 Å². The summed E-state index contributed by atoms with van der Waals surface area (Å²) in [5, 5.41) is 11.7. The van der Waals surface area contributed by atoms with Gasteiger partial charge in [-0.2, -0.15) is 0 Å². The molecule has 3 heteroatoms. The van der Waals surface area contributed by atoms with Crippen LogP contribution in [-0.2, 0) is 4.79 Å². The molecule has 0 aromatic heterocycles. The number of amides is 1. The van der Waals surface area contributed by atoms with Crippen LogP contribution in [0.15, 0.2) is 0 Å². The first-order valence-corrected chi connectivity index (χ1v) is 9.08. The van der Waals surface area contributed by atoms with E-state index in [1.807, 2.05) is 0 Å². The second-order valence-electron chi connectivity index (χ2n) is 6.59. The zero-order valence-corrected chi connectivity index (χ0v) is 14.7. The molecule has 21 heavy (non-hydrogen) atoms. The number of hydrogen-bond donors (Lipinski definition) is 0. The molecule has 0 fully saturated rings. The molecule has 0 saturated heterocycles. The zero-order valence-electron chi connectivity index (χ0n) is 14.7. The molecule has 0 aliphatic rings. The van der Waals surface area contributed by atoms with E-state index in [9.17, 15) is 10.0 Å². The van der Waals surface area contributed by atoms with E-state index >= 15 is 0 Å². The summed E-state index contributed by atoms with van der Waals surface area (Å²) in [4.78, 5) is 11.1. The van der Waals surface area contributed by atoms with Crippen LogP contribution in [0.5, 0.6) is 0 Å². The van der Waals surface area contributed by atoms with Crippen molar-refractivity contribution in [1.29, 1.82) is 0 Å². The topological polar surface area (TPSA) is 40.1 Å². The van der Waals surface area contributed by atoms with E-state index in [0.717, 1.165) is 12.8 Å². The second-order valence-corrected chi connectivity index (χ2v) is 6.59. The lowest BCUT2D eigenvalue weighted by atomic mass is 10.0. The number of hydroxylamine groups is 3. The molecular weight excluding hydrogens is 262 g/mol. The van der Waals surface area contributed by atoms with Crippen molar-refractivity contribution >= 4 is 5.91 Å². The third-order valence-electron chi connectivity index (χ3n) is 4.35. The van der Waals surface area contributed by atoms with Crippen LogP contribution in [0, 0.1) is 5.21 Å². The molecule has 1 amide bonds. The smallest absolute Gasteiger partial charge is 0.310 e. The average Bonchev–Trinajstić information content (AvgIpc) is 2.43. The van der Waals surface area contributed by atoms with E-state index in [1.54, 1.807) is 0 Å². The maximum absolute atomic E-state index is 11.7. The van der Waals surface area contributed by atoms with Gasteiger partial charge in [0, 0.05) is 0 Å². The van der Waals surface area contributed by atoms with Gasteiger partial charge < -0.3 is 9.85 Å². The molecule has 1 atom stereocenters. The minimum Gasteiger partial charge on any atom is -0.625 e. The standard InChI is InChI=1S/C18H37NO2/c1-4-5-6-7-8-9-10-11-12-13-14-15-16-17-19(3,21)18(2)20/h4-17H2,1-3H3. The van der Waals surface area contributed by atoms with Gasteiger partial charge in [0.25, 0.3) is 0 Å². The van der Waals surface area contributed by atoms with Gasteiger partial charge in [-0.25, -0.2) is 4.79 Å². The molecule has 0 saturated carbocycles. The van der Waals surface area contributed by atoms with Crippen LogP contribution in [0.25, 0.3) is 0 Å². The minimum absolute atomic E-state index is 0.283. The van der Waals surface area contributed by atoms with Gasteiger partial charge in [0.1, 0.15) is 0 Å². The van der Waals surface area contributed by atoms with Gasteiger partial charge in [-0.3, -0.25) is 0 Å². The molecule has 0 aliphatic heterocycles. The second kappa shape index (κ2) is 13.3. The first-order valence-electron chi connectivity index (χ1n) is 9.08. The van der Waals surface area contributed by atoms with Gasteiger partial charge in [-0.15, -0.1) is 0 Å². The Morgan fingerprint density at radius 3 is 1.43 bits per heavy atom. The van der Waals surface area contributed by atoms with Gasteiger partial charge in [-0.1, -0.05) is 77.6 Å². The van der Waals surface area contributed by atoms with Crippen molar-refractivity contribution in [3.8, 4) is 0 Å². The van der Waals surface area contributed by atoms with Crippen molar-refractivity contribution in [3.63, 3.8) is 0 Å². The molecule has 0 heterocycles. The van der Waals surface area contributed by atoms with Gasteiger partial charge >= 0.3 is 5.91 Å². The quantitative estimate of drug-likeness (QED) is 0.239. The Labute approximate surface area is 132 Å². The first-order chi connectivity index (χ1) is 10.0. The Kier molecular flexibility index (Phi) is 13.0. The highest BCUT2D eigenvalue weighted by Crippen LogP contribution is 2.13. The van der Waals surface area contributed by atoms with Gasteiger partial charge in [0.15, 0.2) is 0 Å². The molecule has 0 aromatic carbocycles. The minimum atomic E-state index is -0.710. The predicted molar refractivity (Wildman–Crippen MR) is 90.8 cm³/mol. The SMILES string of the molecule is CCCCCCCCCCCCCCC[N+](C)([O-])C(C)=O. The Morgan fingerprint density at radius 1 is 0.762 bits per heavy atom. The highest BCUT2D eigenvalue weighted by molar-refractivity contribution is 5.65. The van der Waals surface area contributed by atoms with Crippen molar-refractivity contribution in [2.75, 3.05) is 13.6 Å². The fraction of sp³-hybridized carbons (Fsp3) is 0.944. The molecule has 0 rings (SSSR count). The van der Waals surface area contributed by atoms with E-state index in [1.165, 1.54) is 84.6 Å². The summed E-state index contributed by atoms with van der Waals surface area (Å²) in [6.45, 7) is 4.08. The monoisotopic (exact) mass is 299 g/mol. The summed E-state index contributed by atoms with van der Waals surface area (Å²) in [5.41, 5.74) is 0. The maximum atomic E-state index is 11.7. The van der Waals surface area contributed by atoms with Crippen LogP contribution in [0.3, 0.4) is 0 Å². The largest absolute Gasteiger partial charge is 0.625 e. The van der Waals surface area contributed by atoms with Crippen LogP contribution in [0.2, 0.25) is 0 Å². The van der Waals surface area contributed by atoms with E-state index in [0.29, 0.717) is 6.54 Å². The molecule has 0 N–H and O–H groups in total. The third kappa shape index (κ3) is 13.0. The molecule has 0 spiro atoms. The fourth-order valence-corrected chi connectivity index (χ4v) is 2.59. The van der Waals surface area contributed by atoms with E-state index < -0.39 is 4.65 Å². The van der Waals surface area contributed by atoms with Gasteiger partial charge in [-0.05, 0) is 12.8 Å². The Balaban J connectivity index is 3.18. The molecule has 3 nitrogen and oxygen atoms in total. The number of carbonyl (C=O) groups is 1. The third-order valence-corrected chi connectivity index (χ3v) is 4.35. The molecule has 126 valence electrons. The fourth-order valence-electron chi connectivity index (χ4n) is 2.59. The molecule has 1 unspecified atom stereocenters. The number of hydrogen-bond acceptors (Lipinski definition) is 2. The predicted octanol–water partition coefficient (Wildman–Crippen LogP) is 5.57. The Morgan fingerprint density at radius 2 is 1.10 bits per heavy atom. The highest BCUT2D eigenvalue weighted by atomic mass is 16.6. The molecule has 0 aliphatic carbocycles. The van der Waals surface area contributed by atoms with Crippen LogP contribution in [0.4, 0.5) is 0 Å². The normalized spacial score (nSPS) is 14.1. The lowest BCUT2D eigenvalue weighted by Crippen LogP contribution is -2.42. The molecule has 0 aromatic rings. The zero-order chi connectivity index (χ0) is 16.0. The van der Waals surface area contributed by atoms with Crippen molar-refractivity contribution in [2.24, 2.45) is 0 Å². The summed E-state index contributed by atoms with van der Waals surface area (Å²) in [5.74, 6) is -0.283. The summed E-state index contributed by atoms with van der Waals surface area (Å²) >= 11 is 0. The highest BCUT2D eigenvalue weighted by Gasteiger charge is 2.15. The number of carbonyl (C=O) groups excluding carboxylic acids is 1. The van der Waals surface area contributed by atoms with Crippen LogP contribution < -0.4 is 0 Å². The summed E-state index contributed by atoms with van der Waals surface area (Å²) in [6, 6.07) is 0. The Hall–Kier alpha value is -0.410. The number of rotatable bonds is 14. The molecule has 0 bridgehead atoms. The average molecular weight is 299 g/mol. The van der Waals surface area contributed by atoms with Crippen molar-refractivity contribution < 1.29 is 9.44 Å². The number of nitrogens with zero attached hydrogens (tertiary/aromatic N) is 1. The molecule has 0 radical (unpaired) electrons. The van der Waals surface area contributed by atoms with Crippen LogP contribution in [0.1, 0.15) is 97.3 Å².